The van der Waals surface area contributed by atoms with Gasteiger partial charge in [-0.1, -0.05) is 17.2 Å². The Morgan fingerprint density at radius 1 is 0.838 bits per heavy atom. The zero-order chi connectivity index (χ0) is 26.4. The van der Waals surface area contributed by atoms with Crippen LogP contribution >= 0.6 is 0 Å². The highest BCUT2D eigenvalue weighted by molar-refractivity contribution is 6.04. The van der Waals surface area contributed by atoms with Crippen molar-refractivity contribution in [3.8, 4) is 11.5 Å². The number of aromatic nitrogens is 2. The van der Waals surface area contributed by atoms with Gasteiger partial charge in [-0.15, -0.1) is 5.10 Å². The summed E-state index contributed by atoms with van der Waals surface area (Å²) in [5.74, 6) is -0.933. The predicted octanol–water partition coefficient (Wildman–Crippen LogP) is 4.46. The Labute approximate surface area is 207 Å². The standard InChI is InChI=1S/C24H16N6O7/c31-21(13-4-15-2-1-3-20(14-15)30(35)36)25-18-9-5-16(6-10-18)22(32)26-24-28-27-23(37-24)17-7-11-19(12-8-17)29(33)34/h1-14H,(H,25,31)(H,26,28,32)/b13-4+. The van der Waals surface area contributed by atoms with Crippen molar-refractivity contribution in [1.82, 2.24) is 10.2 Å². The van der Waals surface area contributed by atoms with Gasteiger partial charge in [0.15, 0.2) is 0 Å². The molecule has 0 saturated heterocycles. The number of hydrogen-bond acceptors (Lipinski definition) is 9. The van der Waals surface area contributed by atoms with Gasteiger partial charge in [0.25, 0.3) is 17.3 Å². The van der Waals surface area contributed by atoms with Crippen LogP contribution in [0.4, 0.5) is 23.1 Å². The number of benzene rings is 3. The number of rotatable bonds is 8. The van der Waals surface area contributed by atoms with Gasteiger partial charge >= 0.3 is 6.01 Å². The van der Waals surface area contributed by atoms with E-state index >= 15 is 0 Å². The molecule has 0 fully saturated rings. The highest BCUT2D eigenvalue weighted by Crippen LogP contribution is 2.23. The lowest BCUT2D eigenvalue weighted by Gasteiger charge is -2.04. The lowest BCUT2D eigenvalue weighted by atomic mass is 10.2. The van der Waals surface area contributed by atoms with E-state index in [1.54, 1.807) is 6.07 Å². The monoisotopic (exact) mass is 500 g/mol. The van der Waals surface area contributed by atoms with Crippen LogP contribution in [0.15, 0.2) is 83.3 Å². The molecule has 3 aromatic carbocycles. The van der Waals surface area contributed by atoms with Crippen molar-refractivity contribution >= 4 is 41.0 Å². The summed E-state index contributed by atoms with van der Waals surface area (Å²) in [6.07, 6.45) is 2.68. The molecule has 0 spiro atoms. The number of non-ortho nitro benzene ring substituents is 2. The van der Waals surface area contributed by atoms with Crippen LogP contribution in [0, 0.1) is 20.2 Å². The van der Waals surface area contributed by atoms with Crippen LogP contribution in [-0.2, 0) is 4.79 Å². The number of amides is 2. The molecule has 13 heteroatoms. The molecular weight excluding hydrogens is 484 g/mol. The predicted molar refractivity (Wildman–Crippen MR) is 132 cm³/mol. The van der Waals surface area contributed by atoms with E-state index in [-0.39, 0.29) is 28.8 Å². The molecule has 0 aliphatic carbocycles. The van der Waals surface area contributed by atoms with Crippen molar-refractivity contribution in [3.05, 3.63) is 110 Å². The van der Waals surface area contributed by atoms with Crippen molar-refractivity contribution in [2.24, 2.45) is 0 Å². The first-order chi connectivity index (χ1) is 17.8. The maximum Gasteiger partial charge on any atom is 0.322 e. The molecule has 0 bridgehead atoms. The van der Waals surface area contributed by atoms with Gasteiger partial charge in [-0.25, -0.2) is 0 Å². The molecule has 4 rings (SSSR count). The second-order valence-electron chi connectivity index (χ2n) is 7.42. The Kier molecular flexibility index (Phi) is 7.05. The summed E-state index contributed by atoms with van der Waals surface area (Å²) in [5, 5.41) is 34.2. The van der Waals surface area contributed by atoms with E-state index < -0.39 is 21.7 Å². The van der Waals surface area contributed by atoms with E-state index in [2.05, 4.69) is 20.8 Å². The fourth-order valence-corrected chi connectivity index (χ4v) is 3.09. The maximum atomic E-state index is 12.5. The normalized spacial score (nSPS) is 10.7. The molecule has 0 radical (unpaired) electrons. The molecule has 1 aromatic heterocycles. The molecule has 37 heavy (non-hydrogen) atoms. The van der Waals surface area contributed by atoms with Crippen LogP contribution in [-0.4, -0.2) is 31.9 Å². The number of nitrogens with one attached hydrogen (secondary N) is 2. The van der Waals surface area contributed by atoms with Gasteiger partial charge in [0.1, 0.15) is 0 Å². The van der Waals surface area contributed by atoms with Crippen molar-refractivity contribution in [2.75, 3.05) is 10.6 Å². The molecule has 0 aliphatic rings. The number of hydrogen-bond donors (Lipinski definition) is 2. The van der Waals surface area contributed by atoms with Crippen LogP contribution in [0.3, 0.4) is 0 Å². The highest BCUT2D eigenvalue weighted by Gasteiger charge is 2.14. The molecule has 1 heterocycles. The van der Waals surface area contributed by atoms with E-state index in [9.17, 15) is 29.8 Å². The van der Waals surface area contributed by atoms with E-state index in [0.29, 0.717) is 16.8 Å². The summed E-state index contributed by atoms with van der Waals surface area (Å²) in [4.78, 5) is 45.2. The van der Waals surface area contributed by atoms with E-state index in [1.807, 2.05) is 0 Å². The first kappa shape index (κ1) is 24.4. The molecular formula is C24H16N6O7. The van der Waals surface area contributed by atoms with Gasteiger partial charge in [-0.05, 0) is 48.0 Å². The summed E-state index contributed by atoms with van der Waals surface area (Å²) in [6, 6.07) is 17.1. The average Bonchev–Trinajstić information content (AvgIpc) is 3.36. The average molecular weight is 500 g/mol. The molecule has 4 aromatic rings. The van der Waals surface area contributed by atoms with Crippen LogP contribution in [0.2, 0.25) is 0 Å². The smallest absolute Gasteiger partial charge is 0.322 e. The van der Waals surface area contributed by atoms with E-state index in [0.717, 1.165) is 0 Å². The second kappa shape index (κ2) is 10.7. The quantitative estimate of drug-likeness (QED) is 0.200. The van der Waals surface area contributed by atoms with Crippen molar-refractivity contribution in [2.45, 2.75) is 0 Å². The van der Waals surface area contributed by atoms with Crippen molar-refractivity contribution < 1.29 is 23.9 Å². The Morgan fingerprint density at radius 3 is 2.22 bits per heavy atom. The summed E-state index contributed by atoms with van der Waals surface area (Å²) in [5.41, 5.74) is 1.44. The van der Waals surface area contributed by atoms with E-state index in [4.69, 9.17) is 4.42 Å². The van der Waals surface area contributed by atoms with Crippen LogP contribution in [0.25, 0.3) is 17.5 Å². The Hall–Kier alpha value is -5.72. The summed E-state index contributed by atoms with van der Waals surface area (Å²) >= 11 is 0. The molecule has 13 nitrogen and oxygen atoms in total. The number of carbonyl (C=O) groups excluding carboxylic acids is 2. The van der Waals surface area contributed by atoms with Crippen molar-refractivity contribution in [1.29, 1.82) is 0 Å². The van der Waals surface area contributed by atoms with Gasteiger partial charge in [0, 0.05) is 47.2 Å². The minimum Gasteiger partial charge on any atom is -0.403 e. The Bertz CT molecular complexity index is 1510. The highest BCUT2D eigenvalue weighted by atomic mass is 16.6. The SMILES string of the molecule is O=C(/C=C/c1cccc([N+](=O)[O-])c1)Nc1ccc(C(=O)Nc2nnc(-c3ccc([N+](=O)[O-])cc3)o2)cc1. The van der Waals surface area contributed by atoms with Gasteiger partial charge in [-0.2, -0.15) is 0 Å². The molecule has 2 N–H and O–H groups in total. The molecule has 0 aliphatic heterocycles. The van der Waals surface area contributed by atoms with Crippen LogP contribution < -0.4 is 10.6 Å². The zero-order valence-corrected chi connectivity index (χ0v) is 18.7. The third-order valence-electron chi connectivity index (χ3n) is 4.89. The Morgan fingerprint density at radius 2 is 1.54 bits per heavy atom. The third-order valence-corrected chi connectivity index (χ3v) is 4.89. The fourth-order valence-electron chi connectivity index (χ4n) is 3.09. The van der Waals surface area contributed by atoms with E-state index in [1.165, 1.54) is 78.9 Å². The number of nitro groups is 2. The molecule has 0 atom stereocenters. The number of carbonyl (C=O) groups is 2. The lowest BCUT2D eigenvalue weighted by Crippen LogP contribution is -2.12. The Balaban J connectivity index is 1.34. The minimum atomic E-state index is -0.539. The van der Waals surface area contributed by atoms with Gasteiger partial charge in [0.05, 0.1) is 9.85 Å². The maximum absolute atomic E-state index is 12.5. The first-order valence-electron chi connectivity index (χ1n) is 10.5. The second-order valence-corrected chi connectivity index (χ2v) is 7.42. The first-order valence-corrected chi connectivity index (χ1v) is 10.5. The van der Waals surface area contributed by atoms with Gasteiger partial charge in [-0.3, -0.25) is 35.1 Å². The third kappa shape index (κ3) is 6.24. The molecule has 184 valence electrons. The number of nitrogens with zero attached hydrogens (tertiary/aromatic N) is 4. The van der Waals surface area contributed by atoms with Crippen LogP contribution in [0.5, 0.6) is 0 Å². The number of anilines is 2. The summed E-state index contributed by atoms with van der Waals surface area (Å²) in [7, 11) is 0. The topological polar surface area (TPSA) is 183 Å². The molecule has 2 amide bonds. The van der Waals surface area contributed by atoms with Gasteiger partial charge in [0.2, 0.25) is 11.8 Å². The number of nitro benzene ring substituents is 2. The van der Waals surface area contributed by atoms with Crippen LogP contribution in [0.1, 0.15) is 15.9 Å². The minimum absolute atomic E-state index is 0.0708. The summed E-state index contributed by atoms with van der Waals surface area (Å²) < 4.78 is 5.40. The van der Waals surface area contributed by atoms with Gasteiger partial charge < -0.3 is 9.73 Å². The summed E-state index contributed by atoms with van der Waals surface area (Å²) in [6.45, 7) is 0. The lowest BCUT2D eigenvalue weighted by molar-refractivity contribution is -0.385. The molecule has 0 unspecified atom stereocenters. The molecule has 0 saturated carbocycles. The zero-order valence-electron chi connectivity index (χ0n) is 18.7. The van der Waals surface area contributed by atoms with Crippen molar-refractivity contribution in [3.63, 3.8) is 0 Å². The largest absolute Gasteiger partial charge is 0.403 e. The fraction of sp³-hybridized carbons (Fsp3) is 0.